The van der Waals surface area contributed by atoms with Crippen LogP contribution >= 0.6 is 0 Å². The molecule has 6 nitrogen and oxygen atoms in total. The summed E-state index contributed by atoms with van der Waals surface area (Å²) in [5.41, 5.74) is 9.08. The fourth-order valence-electron chi connectivity index (χ4n) is 4.71. The van der Waals surface area contributed by atoms with E-state index in [1.807, 2.05) is 6.92 Å². The molecule has 2 atom stereocenters. The van der Waals surface area contributed by atoms with Crippen molar-refractivity contribution in [3.63, 3.8) is 0 Å². The molecule has 1 aliphatic carbocycles. The van der Waals surface area contributed by atoms with E-state index in [-0.39, 0.29) is 12.1 Å². The van der Waals surface area contributed by atoms with E-state index in [4.69, 9.17) is 10.5 Å². The maximum atomic E-state index is 14.2. The zero-order chi connectivity index (χ0) is 20.1. The average Bonchev–Trinajstić information content (AvgIpc) is 3.31. The monoisotopic (exact) mass is 399 g/mol. The lowest BCUT2D eigenvalue weighted by Gasteiger charge is -2.24. The van der Waals surface area contributed by atoms with Crippen molar-refractivity contribution in [1.29, 1.82) is 0 Å². The number of ether oxygens (including phenoxy) is 1. The van der Waals surface area contributed by atoms with Crippen molar-refractivity contribution >= 4 is 16.9 Å². The smallest absolute Gasteiger partial charge is 0.162 e. The molecule has 1 aliphatic heterocycles. The van der Waals surface area contributed by atoms with Gasteiger partial charge in [-0.1, -0.05) is 0 Å². The third-order valence-corrected chi connectivity index (χ3v) is 6.12. The number of benzene rings is 1. The molecule has 0 amide bonds. The van der Waals surface area contributed by atoms with Crippen molar-refractivity contribution < 1.29 is 13.5 Å². The zero-order valence-corrected chi connectivity index (χ0v) is 16.2. The highest BCUT2D eigenvalue weighted by atomic mass is 19.2. The number of hydrogen-bond donors (Lipinski definition) is 2. The molecule has 1 aromatic carbocycles. The summed E-state index contributed by atoms with van der Waals surface area (Å²) in [6.45, 7) is 3.14. The fraction of sp³-hybridized carbons (Fsp3) is 0.429. The molecule has 1 saturated carbocycles. The Morgan fingerprint density at radius 3 is 2.97 bits per heavy atom. The van der Waals surface area contributed by atoms with Crippen LogP contribution in [-0.2, 0) is 13.0 Å². The lowest BCUT2D eigenvalue weighted by molar-refractivity contribution is 0.200. The number of aryl methyl sites for hydroxylation is 1. The number of nitrogens with one attached hydrogen (secondary N) is 1. The summed E-state index contributed by atoms with van der Waals surface area (Å²) in [6, 6.07) is 1.40. The SMILES string of the molecule is Cc1cn(C2CCC(Oc3cc(F)c(F)c4c3CNCC4)C2)c2ncnc(N)c12. The number of nitrogens with two attached hydrogens (primary N) is 1. The number of hydrogen-bond acceptors (Lipinski definition) is 5. The normalized spacial score (nSPS) is 21.5. The number of nitrogen functional groups attached to an aromatic ring is 1. The highest BCUT2D eigenvalue weighted by Crippen LogP contribution is 2.38. The summed E-state index contributed by atoms with van der Waals surface area (Å²) in [7, 11) is 0. The van der Waals surface area contributed by atoms with Gasteiger partial charge in [0.2, 0.25) is 0 Å². The first-order chi connectivity index (χ1) is 14.0. The average molecular weight is 399 g/mol. The molecule has 2 unspecified atom stereocenters. The second kappa shape index (κ2) is 6.95. The van der Waals surface area contributed by atoms with Crippen molar-refractivity contribution in [2.24, 2.45) is 0 Å². The van der Waals surface area contributed by atoms with Crippen molar-refractivity contribution in [2.75, 3.05) is 12.3 Å². The van der Waals surface area contributed by atoms with Crippen molar-refractivity contribution in [2.45, 2.75) is 51.3 Å². The molecule has 2 aliphatic rings. The van der Waals surface area contributed by atoms with E-state index >= 15 is 0 Å². The Kier molecular flexibility index (Phi) is 4.38. The third-order valence-electron chi connectivity index (χ3n) is 6.12. The molecule has 0 bridgehead atoms. The Morgan fingerprint density at radius 1 is 1.24 bits per heavy atom. The molecule has 2 aromatic heterocycles. The van der Waals surface area contributed by atoms with E-state index in [1.54, 1.807) is 0 Å². The standard InChI is InChI=1S/C21H23F2N5O/c1-11-9-28(21-18(11)20(24)26-10-27-21)12-2-3-13(6-12)29-17-7-16(22)19(23)14-4-5-25-8-15(14)17/h7,9-10,12-13,25H,2-6,8H2,1H3,(H2,24,26,27). The summed E-state index contributed by atoms with van der Waals surface area (Å²) in [4.78, 5) is 8.52. The van der Waals surface area contributed by atoms with Gasteiger partial charge >= 0.3 is 0 Å². The van der Waals surface area contributed by atoms with Crippen LogP contribution in [0.3, 0.4) is 0 Å². The Hall–Kier alpha value is -2.74. The van der Waals surface area contributed by atoms with E-state index in [9.17, 15) is 8.78 Å². The molecular formula is C21H23F2N5O. The summed E-state index contributed by atoms with van der Waals surface area (Å²) in [5, 5.41) is 4.10. The van der Waals surface area contributed by atoms with Gasteiger partial charge in [0, 0.05) is 42.4 Å². The van der Waals surface area contributed by atoms with Crippen LogP contribution in [-0.4, -0.2) is 27.2 Å². The van der Waals surface area contributed by atoms with Crippen LogP contribution < -0.4 is 15.8 Å². The minimum Gasteiger partial charge on any atom is -0.490 e. The van der Waals surface area contributed by atoms with Crippen LogP contribution in [0.25, 0.3) is 11.0 Å². The molecule has 3 heterocycles. The molecule has 0 saturated heterocycles. The summed E-state index contributed by atoms with van der Waals surface area (Å²) in [5.74, 6) is -0.645. The van der Waals surface area contributed by atoms with Gasteiger partial charge in [-0.05, 0) is 38.3 Å². The maximum absolute atomic E-state index is 14.2. The molecule has 152 valence electrons. The Labute approximate surface area is 167 Å². The lowest BCUT2D eigenvalue weighted by atomic mass is 9.99. The highest BCUT2D eigenvalue weighted by Gasteiger charge is 2.31. The summed E-state index contributed by atoms with van der Waals surface area (Å²) >= 11 is 0. The quantitative estimate of drug-likeness (QED) is 0.706. The second-order valence-corrected chi connectivity index (χ2v) is 7.94. The predicted octanol–water partition coefficient (Wildman–Crippen LogP) is 3.42. The number of fused-ring (bicyclic) bond motifs is 2. The highest BCUT2D eigenvalue weighted by molar-refractivity contribution is 5.89. The largest absolute Gasteiger partial charge is 0.490 e. The van der Waals surface area contributed by atoms with Gasteiger partial charge in [0.1, 0.15) is 29.6 Å². The minimum absolute atomic E-state index is 0.0622. The first kappa shape index (κ1) is 18.3. The van der Waals surface area contributed by atoms with Crippen LogP contribution in [0.2, 0.25) is 0 Å². The topological polar surface area (TPSA) is 78.0 Å². The first-order valence-electron chi connectivity index (χ1n) is 9.97. The summed E-state index contributed by atoms with van der Waals surface area (Å²) in [6.07, 6.45) is 6.48. The van der Waals surface area contributed by atoms with Gasteiger partial charge in [-0.2, -0.15) is 0 Å². The van der Waals surface area contributed by atoms with Crippen LogP contribution in [0.4, 0.5) is 14.6 Å². The molecular weight excluding hydrogens is 376 g/mol. The van der Waals surface area contributed by atoms with Crippen LogP contribution in [0.5, 0.6) is 5.75 Å². The fourth-order valence-corrected chi connectivity index (χ4v) is 4.71. The van der Waals surface area contributed by atoms with Gasteiger partial charge in [0.15, 0.2) is 11.6 Å². The molecule has 3 N–H and O–H groups in total. The van der Waals surface area contributed by atoms with Crippen molar-refractivity contribution in [3.8, 4) is 5.75 Å². The lowest BCUT2D eigenvalue weighted by Crippen LogP contribution is -2.26. The van der Waals surface area contributed by atoms with Crippen molar-refractivity contribution in [3.05, 3.63) is 46.9 Å². The van der Waals surface area contributed by atoms with E-state index in [1.165, 1.54) is 12.4 Å². The zero-order valence-electron chi connectivity index (χ0n) is 16.2. The maximum Gasteiger partial charge on any atom is 0.162 e. The van der Waals surface area contributed by atoms with Gasteiger partial charge < -0.3 is 20.4 Å². The van der Waals surface area contributed by atoms with Gasteiger partial charge in [-0.3, -0.25) is 0 Å². The summed E-state index contributed by atoms with van der Waals surface area (Å²) < 4.78 is 36.6. The Morgan fingerprint density at radius 2 is 2.10 bits per heavy atom. The number of aromatic nitrogens is 3. The molecule has 8 heteroatoms. The van der Waals surface area contributed by atoms with Crippen LogP contribution in [0.15, 0.2) is 18.6 Å². The van der Waals surface area contributed by atoms with Crippen LogP contribution in [0.1, 0.15) is 42.0 Å². The molecule has 0 radical (unpaired) electrons. The predicted molar refractivity (Wildman–Crippen MR) is 106 cm³/mol. The van der Waals surface area contributed by atoms with Gasteiger partial charge in [-0.25, -0.2) is 18.7 Å². The minimum atomic E-state index is -0.839. The molecule has 29 heavy (non-hydrogen) atoms. The number of rotatable bonds is 3. The van der Waals surface area contributed by atoms with E-state index in [2.05, 4.69) is 26.0 Å². The Bertz CT molecular complexity index is 1100. The number of nitrogens with zero attached hydrogens (tertiary/aromatic N) is 3. The molecule has 3 aromatic rings. The van der Waals surface area contributed by atoms with Gasteiger partial charge in [0.25, 0.3) is 0 Å². The number of anilines is 1. The second-order valence-electron chi connectivity index (χ2n) is 7.94. The number of halogens is 2. The third kappa shape index (κ3) is 3.02. The first-order valence-corrected chi connectivity index (χ1v) is 9.97. The van der Waals surface area contributed by atoms with E-state index < -0.39 is 11.6 Å². The molecule has 5 rings (SSSR count). The van der Waals surface area contributed by atoms with Gasteiger partial charge in [-0.15, -0.1) is 0 Å². The van der Waals surface area contributed by atoms with Crippen LogP contribution in [0, 0.1) is 18.6 Å². The molecule has 0 spiro atoms. The van der Waals surface area contributed by atoms with Crippen molar-refractivity contribution in [1.82, 2.24) is 19.9 Å². The van der Waals surface area contributed by atoms with E-state index in [0.29, 0.717) is 36.6 Å². The van der Waals surface area contributed by atoms with E-state index in [0.717, 1.165) is 41.4 Å². The molecule has 1 fully saturated rings. The van der Waals surface area contributed by atoms with Gasteiger partial charge in [0.05, 0.1) is 5.39 Å². The Balaban J connectivity index is 1.40.